The van der Waals surface area contributed by atoms with E-state index in [-0.39, 0.29) is 0 Å². The van der Waals surface area contributed by atoms with Gasteiger partial charge in [0.05, 0.1) is 6.26 Å². The summed E-state index contributed by atoms with van der Waals surface area (Å²) in [4.78, 5) is 0. The summed E-state index contributed by atoms with van der Waals surface area (Å²) >= 11 is 0. The van der Waals surface area contributed by atoms with E-state index in [1.54, 1.807) is 0 Å². The molecule has 11 aromatic rings. The number of furan rings is 1. The molecule has 1 nitrogen and oxygen atoms in total. The van der Waals surface area contributed by atoms with Crippen LogP contribution in [0.4, 0.5) is 0 Å². The van der Waals surface area contributed by atoms with E-state index in [4.69, 9.17) is 4.42 Å². The molecule has 0 aliphatic carbocycles. The monoisotopic (exact) mass is 728 g/mol. The van der Waals surface area contributed by atoms with Crippen LogP contribution in [0.3, 0.4) is 0 Å². The summed E-state index contributed by atoms with van der Waals surface area (Å²) in [7, 11) is -2.89. The van der Waals surface area contributed by atoms with Crippen molar-refractivity contribution in [2.24, 2.45) is 0 Å². The second kappa shape index (κ2) is 13.1. The molecule has 0 N–H and O–H groups in total. The molecular formula is C54H36OSi. The Bertz CT molecular complexity index is 3140. The lowest BCUT2D eigenvalue weighted by atomic mass is 9.88. The van der Waals surface area contributed by atoms with E-state index >= 15 is 0 Å². The van der Waals surface area contributed by atoms with Crippen LogP contribution in [0.15, 0.2) is 223 Å². The average Bonchev–Trinajstić information content (AvgIpc) is 3.71. The van der Waals surface area contributed by atoms with E-state index in [0.29, 0.717) is 0 Å². The van der Waals surface area contributed by atoms with Gasteiger partial charge in [-0.1, -0.05) is 188 Å². The number of hydrogen-bond acceptors (Lipinski definition) is 1. The van der Waals surface area contributed by atoms with E-state index in [0.717, 1.165) is 21.9 Å². The molecule has 0 aliphatic heterocycles. The molecule has 0 bridgehead atoms. The molecule has 0 amide bonds. The predicted octanol–water partition coefficient (Wildman–Crippen LogP) is 11.8. The van der Waals surface area contributed by atoms with Crippen LogP contribution in [-0.2, 0) is 0 Å². The number of hydrogen-bond donors (Lipinski definition) is 0. The van der Waals surface area contributed by atoms with E-state index < -0.39 is 8.07 Å². The second-order valence-corrected chi connectivity index (χ2v) is 18.5. The SMILES string of the molecule is c1ccc([Si](c2ccccc2)(c2ccccc2)c2ccccc2-c2ccc3cc4ccccc4cc3c2-c2coc3c2ccc2c4ccccc4ccc23)cc1. The summed E-state index contributed by atoms with van der Waals surface area (Å²) < 4.78 is 6.71. The van der Waals surface area contributed by atoms with Gasteiger partial charge >= 0.3 is 0 Å². The average molecular weight is 729 g/mol. The zero-order valence-electron chi connectivity index (χ0n) is 30.7. The molecule has 0 spiro atoms. The van der Waals surface area contributed by atoms with Crippen molar-refractivity contribution in [1.29, 1.82) is 0 Å². The molecule has 0 aliphatic rings. The Labute approximate surface area is 326 Å². The first-order valence-corrected chi connectivity index (χ1v) is 21.3. The molecular weight excluding hydrogens is 693 g/mol. The lowest BCUT2D eigenvalue weighted by Gasteiger charge is -2.36. The molecule has 0 saturated carbocycles. The summed E-state index contributed by atoms with van der Waals surface area (Å²) in [5.74, 6) is 0. The summed E-state index contributed by atoms with van der Waals surface area (Å²) in [5.41, 5.74) is 5.65. The van der Waals surface area contributed by atoms with Gasteiger partial charge in [-0.3, -0.25) is 0 Å². The largest absolute Gasteiger partial charge is 0.463 e. The Morgan fingerprint density at radius 2 is 0.839 bits per heavy atom. The minimum absolute atomic E-state index is 0.918. The van der Waals surface area contributed by atoms with Gasteiger partial charge in [0.25, 0.3) is 0 Å². The molecule has 56 heavy (non-hydrogen) atoms. The van der Waals surface area contributed by atoms with Crippen molar-refractivity contribution in [3.05, 3.63) is 219 Å². The molecule has 0 radical (unpaired) electrons. The number of benzene rings is 10. The fourth-order valence-corrected chi connectivity index (χ4v) is 14.4. The van der Waals surface area contributed by atoms with Gasteiger partial charge in [0.1, 0.15) is 5.58 Å². The summed E-state index contributed by atoms with van der Waals surface area (Å²) in [6, 6.07) is 78.5. The Kier molecular flexibility index (Phi) is 7.58. The molecule has 1 aromatic heterocycles. The van der Waals surface area contributed by atoms with Crippen molar-refractivity contribution in [1.82, 2.24) is 0 Å². The zero-order valence-corrected chi connectivity index (χ0v) is 31.7. The maximum Gasteiger partial charge on any atom is 0.180 e. The maximum atomic E-state index is 6.71. The number of fused-ring (bicyclic) bond motifs is 7. The van der Waals surface area contributed by atoms with E-state index in [1.165, 1.54) is 75.1 Å². The van der Waals surface area contributed by atoms with Crippen LogP contribution in [0.2, 0.25) is 0 Å². The third-order valence-electron chi connectivity index (χ3n) is 11.9. The van der Waals surface area contributed by atoms with E-state index in [9.17, 15) is 0 Å². The van der Waals surface area contributed by atoms with Gasteiger partial charge in [-0.15, -0.1) is 0 Å². The normalized spacial score (nSPS) is 11.9. The molecule has 2 heteroatoms. The van der Waals surface area contributed by atoms with Crippen LogP contribution in [0, 0.1) is 0 Å². The quantitative estimate of drug-likeness (QED) is 0.0719. The van der Waals surface area contributed by atoms with Crippen LogP contribution in [0.5, 0.6) is 0 Å². The molecule has 262 valence electrons. The minimum atomic E-state index is -2.89. The van der Waals surface area contributed by atoms with Crippen molar-refractivity contribution in [3.8, 4) is 22.3 Å². The summed E-state index contributed by atoms with van der Waals surface area (Å²) in [6.07, 6.45) is 2.01. The lowest BCUT2D eigenvalue weighted by Crippen LogP contribution is -2.75. The molecule has 0 saturated heterocycles. The highest BCUT2D eigenvalue weighted by molar-refractivity contribution is 7.20. The van der Waals surface area contributed by atoms with Crippen molar-refractivity contribution in [3.63, 3.8) is 0 Å². The maximum absolute atomic E-state index is 6.71. The highest BCUT2D eigenvalue weighted by Gasteiger charge is 2.43. The smallest absolute Gasteiger partial charge is 0.180 e. The first-order chi connectivity index (χ1) is 27.8. The topological polar surface area (TPSA) is 13.1 Å². The zero-order chi connectivity index (χ0) is 37.1. The van der Waals surface area contributed by atoms with Crippen molar-refractivity contribution in [2.45, 2.75) is 0 Å². The Balaban J connectivity index is 1.27. The third kappa shape index (κ3) is 4.93. The fourth-order valence-electron chi connectivity index (χ4n) is 9.38. The Hall–Kier alpha value is -7.00. The molecule has 10 aromatic carbocycles. The van der Waals surface area contributed by atoms with Gasteiger partial charge < -0.3 is 4.42 Å². The Morgan fingerprint density at radius 3 is 1.54 bits per heavy atom. The molecule has 0 unspecified atom stereocenters. The fraction of sp³-hybridized carbons (Fsp3) is 0. The van der Waals surface area contributed by atoms with Crippen molar-refractivity contribution >= 4 is 82.9 Å². The standard InChI is InChI=1S/C54H36OSi/c1-4-19-41(20-5-1)56(42-21-6-2-7-22-42,43-23-8-3-9-24-43)52-27-15-14-26-46(52)47-30-29-40-34-38-17-10-11-18-39(38)35-50(40)53(47)51-36-55-54-48-31-28-37-16-12-13-25-44(37)45(48)32-33-49(51)54/h1-36H. The minimum Gasteiger partial charge on any atom is -0.463 e. The van der Waals surface area contributed by atoms with Crippen LogP contribution < -0.4 is 20.7 Å². The van der Waals surface area contributed by atoms with Crippen LogP contribution in [0.1, 0.15) is 0 Å². The van der Waals surface area contributed by atoms with Gasteiger partial charge in [-0.05, 0) is 93.8 Å². The first kappa shape index (κ1) is 32.4. The van der Waals surface area contributed by atoms with E-state index in [2.05, 4.69) is 212 Å². The molecule has 0 fully saturated rings. The predicted molar refractivity (Wildman–Crippen MR) is 241 cm³/mol. The highest BCUT2D eigenvalue weighted by Crippen LogP contribution is 2.45. The highest BCUT2D eigenvalue weighted by atomic mass is 28.3. The van der Waals surface area contributed by atoms with Crippen molar-refractivity contribution in [2.75, 3.05) is 0 Å². The van der Waals surface area contributed by atoms with Gasteiger partial charge in [0.2, 0.25) is 0 Å². The van der Waals surface area contributed by atoms with Gasteiger partial charge in [-0.25, -0.2) is 0 Å². The van der Waals surface area contributed by atoms with Crippen LogP contribution in [0.25, 0.3) is 76.3 Å². The van der Waals surface area contributed by atoms with Gasteiger partial charge in [-0.2, -0.15) is 0 Å². The first-order valence-electron chi connectivity index (χ1n) is 19.3. The summed E-state index contributed by atoms with van der Waals surface area (Å²) in [6.45, 7) is 0. The molecule has 0 atom stereocenters. The second-order valence-electron chi connectivity index (χ2n) is 14.8. The van der Waals surface area contributed by atoms with Gasteiger partial charge in [0.15, 0.2) is 8.07 Å². The lowest BCUT2D eigenvalue weighted by molar-refractivity contribution is 0.620. The number of rotatable bonds is 6. The molecule has 1 heterocycles. The Morgan fingerprint density at radius 1 is 0.304 bits per heavy atom. The third-order valence-corrected chi connectivity index (χ3v) is 16.7. The van der Waals surface area contributed by atoms with Crippen molar-refractivity contribution < 1.29 is 4.42 Å². The van der Waals surface area contributed by atoms with Crippen LogP contribution >= 0.6 is 0 Å². The van der Waals surface area contributed by atoms with Crippen LogP contribution in [-0.4, -0.2) is 8.07 Å². The molecule has 11 rings (SSSR count). The van der Waals surface area contributed by atoms with Gasteiger partial charge in [0, 0.05) is 21.9 Å². The van der Waals surface area contributed by atoms with E-state index in [1.807, 2.05) is 6.26 Å². The summed E-state index contributed by atoms with van der Waals surface area (Å²) in [5, 5.41) is 16.2.